The summed E-state index contributed by atoms with van der Waals surface area (Å²) in [6.45, 7) is 7.79. The van der Waals surface area contributed by atoms with Crippen molar-refractivity contribution in [1.29, 1.82) is 0 Å². The fourth-order valence-corrected chi connectivity index (χ4v) is 3.56. The Kier molecular flexibility index (Phi) is 4.32. The number of carboxylic acids is 1. The van der Waals surface area contributed by atoms with Crippen molar-refractivity contribution in [3.63, 3.8) is 0 Å². The molecular formula is C18H24O4. The number of Topliss-reactive ketones (excluding diaryl/α,β-unsaturated/α-hetero) is 1. The van der Waals surface area contributed by atoms with Gasteiger partial charge in [0.05, 0.1) is 18.6 Å². The molecule has 0 saturated heterocycles. The summed E-state index contributed by atoms with van der Waals surface area (Å²) in [5.74, 6) is -1.04. The average Bonchev–Trinajstić information content (AvgIpc) is 2.69. The van der Waals surface area contributed by atoms with Crippen LogP contribution in [0.2, 0.25) is 0 Å². The van der Waals surface area contributed by atoms with Crippen LogP contribution in [0.25, 0.3) is 0 Å². The van der Waals surface area contributed by atoms with E-state index in [0.717, 1.165) is 5.56 Å². The van der Waals surface area contributed by atoms with Crippen molar-refractivity contribution in [1.82, 2.24) is 0 Å². The van der Waals surface area contributed by atoms with Crippen LogP contribution in [0.1, 0.15) is 43.1 Å². The van der Waals surface area contributed by atoms with Gasteiger partial charge in [-0.3, -0.25) is 9.59 Å². The molecule has 120 valence electrons. The summed E-state index contributed by atoms with van der Waals surface area (Å²) in [5, 5.41) is 9.45. The van der Waals surface area contributed by atoms with Crippen LogP contribution >= 0.6 is 0 Å². The number of benzene rings is 1. The number of aryl methyl sites for hydroxylation is 1. The molecule has 1 N–H and O–H groups in total. The molecule has 1 aliphatic carbocycles. The highest BCUT2D eigenvalue weighted by molar-refractivity contribution is 6.01. The van der Waals surface area contributed by atoms with E-state index in [2.05, 4.69) is 0 Å². The zero-order valence-electron chi connectivity index (χ0n) is 13.8. The van der Waals surface area contributed by atoms with Crippen molar-refractivity contribution < 1.29 is 19.4 Å². The zero-order chi connectivity index (χ0) is 16.7. The topological polar surface area (TPSA) is 63.6 Å². The fourth-order valence-electron chi connectivity index (χ4n) is 3.56. The predicted octanol–water partition coefficient (Wildman–Crippen LogP) is 3.57. The zero-order valence-corrected chi connectivity index (χ0v) is 13.8. The summed E-state index contributed by atoms with van der Waals surface area (Å²) in [5.41, 5.74) is 1.15. The van der Waals surface area contributed by atoms with Gasteiger partial charge in [-0.25, -0.2) is 0 Å². The van der Waals surface area contributed by atoms with E-state index in [9.17, 15) is 14.7 Å². The number of carbonyl (C=O) groups excluding carboxylic acids is 1. The normalized spacial score (nSPS) is 26.7. The van der Waals surface area contributed by atoms with Gasteiger partial charge in [-0.1, -0.05) is 32.4 Å². The van der Waals surface area contributed by atoms with E-state index in [4.69, 9.17) is 4.74 Å². The molecule has 0 bridgehead atoms. The van der Waals surface area contributed by atoms with Crippen LogP contribution in [-0.2, 0) is 4.79 Å². The molecule has 0 unspecified atom stereocenters. The fraction of sp³-hybridized carbons (Fsp3) is 0.556. The molecule has 1 aromatic carbocycles. The Morgan fingerprint density at radius 1 is 1.32 bits per heavy atom. The van der Waals surface area contributed by atoms with Crippen LogP contribution < -0.4 is 4.74 Å². The Hall–Kier alpha value is -1.84. The number of ether oxygens (including phenoxy) is 1. The smallest absolute Gasteiger partial charge is 0.307 e. The van der Waals surface area contributed by atoms with Crippen molar-refractivity contribution in [2.45, 2.75) is 34.1 Å². The highest BCUT2D eigenvalue weighted by Crippen LogP contribution is 2.51. The molecule has 2 rings (SSSR count). The number of rotatable bonds is 4. The molecule has 0 heterocycles. The van der Waals surface area contributed by atoms with Gasteiger partial charge < -0.3 is 9.84 Å². The molecule has 0 aromatic heterocycles. The van der Waals surface area contributed by atoms with E-state index in [0.29, 0.717) is 17.7 Å². The first-order valence-corrected chi connectivity index (χ1v) is 7.61. The third-order valence-corrected chi connectivity index (χ3v) is 5.42. The van der Waals surface area contributed by atoms with Crippen LogP contribution in [0.3, 0.4) is 0 Å². The van der Waals surface area contributed by atoms with Gasteiger partial charge in [0, 0.05) is 5.92 Å². The van der Waals surface area contributed by atoms with Crippen molar-refractivity contribution >= 4 is 11.8 Å². The monoisotopic (exact) mass is 304 g/mol. The molecule has 1 aromatic rings. The lowest BCUT2D eigenvalue weighted by molar-refractivity contribution is -0.145. The number of carbonyl (C=O) groups is 2. The first-order chi connectivity index (χ1) is 10.2. The Labute approximate surface area is 131 Å². The summed E-state index contributed by atoms with van der Waals surface area (Å²) in [4.78, 5) is 24.5. The van der Waals surface area contributed by atoms with Gasteiger partial charge in [-0.2, -0.15) is 0 Å². The summed E-state index contributed by atoms with van der Waals surface area (Å²) >= 11 is 0. The van der Waals surface area contributed by atoms with Crippen molar-refractivity contribution in [3.8, 4) is 5.75 Å². The number of methoxy groups -OCH3 is 1. The molecule has 0 radical (unpaired) electrons. The minimum absolute atomic E-state index is 0.00585. The van der Waals surface area contributed by atoms with Crippen LogP contribution in [-0.4, -0.2) is 24.0 Å². The molecule has 0 amide bonds. The Bertz CT molecular complexity index is 603. The molecule has 1 saturated carbocycles. The van der Waals surface area contributed by atoms with Gasteiger partial charge in [0.25, 0.3) is 0 Å². The van der Waals surface area contributed by atoms with Gasteiger partial charge in [0.2, 0.25) is 0 Å². The number of ketones is 1. The predicted molar refractivity (Wildman–Crippen MR) is 84.2 cm³/mol. The first-order valence-electron chi connectivity index (χ1n) is 7.61. The minimum atomic E-state index is -0.816. The summed E-state index contributed by atoms with van der Waals surface area (Å²) in [7, 11) is 1.55. The van der Waals surface area contributed by atoms with Crippen molar-refractivity contribution in [3.05, 3.63) is 29.3 Å². The summed E-state index contributed by atoms with van der Waals surface area (Å²) in [6, 6.07) is 5.52. The number of aliphatic carboxylic acids is 1. The van der Waals surface area contributed by atoms with E-state index in [-0.39, 0.29) is 17.6 Å². The van der Waals surface area contributed by atoms with Crippen LogP contribution in [0, 0.1) is 30.1 Å². The lowest BCUT2D eigenvalue weighted by Crippen LogP contribution is -2.30. The van der Waals surface area contributed by atoms with Gasteiger partial charge in [-0.05, 0) is 36.8 Å². The van der Waals surface area contributed by atoms with Crippen LogP contribution in [0.5, 0.6) is 5.75 Å². The maximum atomic E-state index is 13.0. The summed E-state index contributed by atoms with van der Waals surface area (Å²) < 4.78 is 5.31. The van der Waals surface area contributed by atoms with E-state index < -0.39 is 17.3 Å². The molecule has 4 nitrogen and oxygen atoms in total. The highest BCUT2D eigenvalue weighted by atomic mass is 16.5. The molecule has 22 heavy (non-hydrogen) atoms. The standard InChI is InChI=1S/C18H24O4/c1-10-6-7-15(22-5)13(8-10)16(19)12-9-14(17(20)21)18(3,4)11(12)2/h6-8,11-12,14H,9H2,1-5H3,(H,20,21)/t11-,12-,14+/m1/s1. The molecule has 1 aliphatic rings. The van der Waals surface area contributed by atoms with Gasteiger partial charge in [-0.15, -0.1) is 0 Å². The van der Waals surface area contributed by atoms with Gasteiger partial charge in [0.15, 0.2) is 5.78 Å². The molecule has 3 atom stereocenters. The van der Waals surface area contributed by atoms with Gasteiger partial charge in [0.1, 0.15) is 5.75 Å². The summed E-state index contributed by atoms with van der Waals surface area (Å²) in [6.07, 6.45) is 0.388. The number of hydrogen-bond acceptors (Lipinski definition) is 3. The van der Waals surface area contributed by atoms with Crippen molar-refractivity contribution in [2.75, 3.05) is 7.11 Å². The third kappa shape index (κ3) is 2.62. The maximum absolute atomic E-state index is 13.0. The Balaban J connectivity index is 2.39. The van der Waals surface area contributed by atoms with Crippen LogP contribution in [0.15, 0.2) is 18.2 Å². The van der Waals surface area contributed by atoms with E-state index in [1.165, 1.54) is 0 Å². The molecule has 0 aliphatic heterocycles. The second kappa shape index (κ2) is 5.75. The largest absolute Gasteiger partial charge is 0.496 e. The number of carboxylic acid groups (broad SMARTS) is 1. The number of hydrogen-bond donors (Lipinski definition) is 1. The van der Waals surface area contributed by atoms with E-state index in [1.807, 2.05) is 39.8 Å². The van der Waals surface area contributed by atoms with Gasteiger partial charge >= 0.3 is 5.97 Å². The highest BCUT2D eigenvalue weighted by Gasteiger charge is 2.52. The SMILES string of the molecule is COc1ccc(C)cc1C(=O)[C@@H]1C[C@@H](C(=O)O)C(C)(C)[C@@H]1C. The first kappa shape index (κ1) is 16.5. The maximum Gasteiger partial charge on any atom is 0.307 e. The Morgan fingerprint density at radius 2 is 1.95 bits per heavy atom. The molecular weight excluding hydrogens is 280 g/mol. The van der Waals surface area contributed by atoms with E-state index in [1.54, 1.807) is 13.2 Å². The second-order valence-electron chi connectivity index (χ2n) is 6.91. The average molecular weight is 304 g/mol. The molecule has 1 fully saturated rings. The van der Waals surface area contributed by atoms with E-state index >= 15 is 0 Å². The molecule has 0 spiro atoms. The molecule has 4 heteroatoms. The Morgan fingerprint density at radius 3 is 2.45 bits per heavy atom. The quantitative estimate of drug-likeness (QED) is 0.864. The second-order valence-corrected chi connectivity index (χ2v) is 6.91. The lowest BCUT2D eigenvalue weighted by Gasteiger charge is -2.29. The third-order valence-electron chi connectivity index (χ3n) is 5.42. The lowest BCUT2D eigenvalue weighted by atomic mass is 9.74. The minimum Gasteiger partial charge on any atom is -0.496 e. The van der Waals surface area contributed by atoms with Crippen LogP contribution in [0.4, 0.5) is 0 Å². The van der Waals surface area contributed by atoms with Crippen molar-refractivity contribution in [2.24, 2.45) is 23.2 Å².